The second-order valence-electron chi connectivity index (χ2n) is 6.93. The Morgan fingerprint density at radius 2 is 1.93 bits per heavy atom. The number of imidazole rings is 1. The molecule has 0 bridgehead atoms. The summed E-state index contributed by atoms with van der Waals surface area (Å²) < 4.78 is 55.7. The zero-order valence-corrected chi connectivity index (χ0v) is 16.4. The summed E-state index contributed by atoms with van der Waals surface area (Å²) in [6, 6.07) is 6.04. The van der Waals surface area contributed by atoms with Gasteiger partial charge in [0.25, 0.3) is 5.91 Å². The van der Waals surface area contributed by atoms with Crippen molar-refractivity contribution in [3.8, 4) is 0 Å². The molecular formula is C20H20F4N4O. The number of halogens is 4. The van der Waals surface area contributed by atoms with Crippen LogP contribution in [0, 0.1) is 12.7 Å². The summed E-state index contributed by atoms with van der Waals surface area (Å²) in [6.07, 6.45) is -4.68. The first-order valence-electron chi connectivity index (χ1n) is 8.78. The van der Waals surface area contributed by atoms with E-state index in [4.69, 9.17) is 0 Å². The Kier molecular flexibility index (Phi) is 5.25. The van der Waals surface area contributed by atoms with Crippen LogP contribution >= 0.6 is 0 Å². The number of alkyl halides is 3. The van der Waals surface area contributed by atoms with Crippen molar-refractivity contribution < 1.29 is 22.4 Å². The molecule has 0 unspecified atom stereocenters. The Morgan fingerprint density at radius 3 is 2.55 bits per heavy atom. The number of nitrogens with zero attached hydrogens (tertiary/aromatic N) is 3. The van der Waals surface area contributed by atoms with Crippen molar-refractivity contribution in [2.45, 2.75) is 19.6 Å². The van der Waals surface area contributed by atoms with Crippen LogP contribution in [0.2, 0.25) is 0 Å². The van der Waals surface area contributed by atoms with E-state index >= 15 is 0 Å². The van der Waals surface area contributed by atoms with E-state index in [1.807, 2.05) is 0 Å². The van der Waals surface area contributed by atoms with Crippen LogP contribution in [0.4, 0.5) is 23.2 Å². The van der Waals surface area contributed by atoms with Crippen molar-refractivity contribution in [2.75, 3.05) is 19.4 Å². The van der Waals surface area contributed by atoms with E-state index in [1.165, 1.54) is 11.0 Å². The number of hydrogen-bond donors (Lipinski definition) is 1. The van der Waals surface area contributed by atoms with Gasteiger partial charge in [-0.2, -0.15) is 13.2 Å². The number of hydrogen-bond acceptors (Lipinski definition) is 3. The Morgan fingerprint density at radius 1 is 1.24 bits per heavy atom. The van der Waals surface area contributed by atoms with Gasteiger partial charge < -0.3 is 14.8 Å². The van der Waals surface area contributed by atoms with Crippen LogP contribution < -0.4 is 5.32 Å². The van der Waals surface area contributed by atoms with Gasteiger partial charge in [0, 0.05) is 38.8 Å². The van der Waals surface area contributed by atoms with Crippen molar-refractivity contribution in [3.05, 3.63) is 58.7 Å². The highest BCUT2D eigenvalue weighted by Crippen LogP contribution is 2.34. The predicted molar refractivity (Wildman–Crippen MR) is 102 cm³/mol. The SMILES string of the molecule is Cc1nc2c(NCc3c(F)cccc3C(F)(F)F)cc(C(=O)N(C)C)cc2n1C. The second kappa shape index (κ2) is 7.38. The van der Waals surface area contributed by atoms with Crippen molar-refractivity contribution in [3.63, 3.8) is 0 Å². The predicted octanol–water partition coefficient (Wildman–Crippen LogP) is 4.35. The van der Waals surface area contributed by atoms with Crippen LogP contribution in [-0.4, -0.2) is 34.5 Å². The molecule has 1 amide bonds. The van der Waals surface area contributed by atoms with Crippen LogP contribution in [0.3, 0.4) is 0 Å². The van der Waals surface area contributed by atoms with Crippen LogP contribution in [0.25, 0.3) is 11.0 Å². The lowest BCUT2D eigenvalue weighted by Crippen LogP contribution is -2.22. The molecule has 5 nitrogen and oxygen atoms in total. The average Bonchev–Trinajstić information content (AvgIpc) is 2.93. The van der Waals surface area contributed by atoms with Gasteiger partial charge in [-0.05, 0) is 31.2 Å². The van der Waals surface area contributed by atoms with Crippen molar-refractivity contribution in [1.29, 1.82) is 0 Å². The van der Waals surface area contributed by atoms with Crippen molar-refractivity contribution in [1.82, 2.24) is 14.5 Å². The number of aromatic nitrogens is 2. The zero-order chi connectivity index (χ0) is 21.5. The quantitative estimate of drug-likeness (QED) is 0.653. The number of anilines is 1. The number of fused-ring (bicyclic) bond motifs is 1. The number of carbonyl (C=O) groups is 1. The highest BCUT2D eigenvalue weighted by molar-refractivity contribution is 6.01. The summed E-state index contributed by atoms with van der Waals surface area (Å²) in [6.45, 7) is 1.36. The highest BCUT2D eigenvalue weighted by Gasteiger charge is 2.34. The third-order valence-electron chi connectivity index (χ3n) is 4.74. The van der Waals surface area contributed by atoms with E-state index in [0.29, 0.717) is 28.1 Å². The molecule has 29 heavy (non-hydrogen) atoms. The summed E-state index contributed by atoms with van der Waals surface area (Å²) >= 11 is 0. The topological polar surface area (TPSA) is 50.2 Å². The number of nitrogens with one attached hydrogen (secondary N) is 1. The third-order valence-corrected chi connectivity index (χ3v) is 4.74. The maximum Gasteiger partial charge on any atom is 0.416 e. The fourth-order valence-corrected chi connectivity index (χ4v) is 3.11. The lowest BCUT2D eigenvalue weighted by Gasteiger charge is -2.16. The Hall–Kier alpha value is -3.10. The van der Waals surface area contributed by atoms with E-state index < -0.39 is 29.7 Å². The van der Waals surface area contributed by atoms with E-state index in [2.05, 4.69) is 10.3 Å². The summed E-state index contributed by atoms with van der Waals surface area (Å²) in [5.74, 6) is -0.559. The third kappa shape index (κ3) is 3.90. The van der Waals surface area contributed by atoms with Crippen molar-refractivity contribution in [2.24, 2.45) is 7.05 Å². The zero-order valence-electron chi connectivity index (χ0n) is 16.4. The number of carbonyl (C=O) groups excluding carboxylic acids is 1. The molecule has 3 rings (SSSR count). The molecule has 0 spiro atoms. The van der Waals surface area contributed by atoms with Crippen LogP contribution in [0.1, 0.15) is 27.3 Å². The van der Waals surface area contributed by atoms with E-state index in [-0.39, 0.29) is 5.91 Å². The standard InChI is InChI=1S/C20H20F4N4O/c1-11-26-18-16(8-12(19(29)27(2)3)9-17(18)28(11)4)25-10-13-14(20(22,23)24)6-5-7-15(13)21/h5-9,25H,10H2,1-4H3. The van der Waals surface area contributed by atoms with Gasteiger partial charge in [-0.3, -0.25) is 4.79 Å². The monoisotopic (exact) mass is 408 g/mol. The van der Waals surface area contributed by atoms with Gasteiger partial charge in [0.15, 0.2) is 0 Å². The van der Waals surface area contributed by atoms with Crippen LogP contribution in [0.5, 0.6) is 0 Å². The fourth-order valence-electron chi connectivity index (χ4n) is 3.11. The number of aryl methyl sites for hydroxylation is 2. The first-order valence-corrected chi connectivity index (χ1v) is 8.78. The van der Waals surface area contributed by atoms with Crippen LogP contribution in [0.15, 0.2) is 30.3 Å². The van der Waals surface area contributed by atoms with Crippen molar-refractivity contribution >= 4 is 22.6 Å². The maximum atomic E-state index is 14.2. The minimum Gasteiger partial charge on any atom is -0.379 e. The molecule has 0 radical (unpaired) electrons. The molecule has 0 atom stereocenters. The molecule has 0 aliphatic heterocycles. The Bertz CT molecular complexity index is 1090. The van der Waals surface area contributed by atoms with Gasteiger partial charge >= 0.3 is 6.18 Å². The first-order chi connectivity index (χ1) is 13.5. The smallest absolute Gasteiger partial charge is 0.379 e. The number of benzene rings is 2. The molecule has 0 aliphatic rings. The average molecular weight is 408 g/mol. The molecule has 1 N–H and O–H groups in total. The molecule has 3 aromatic rings. The van der Waals surface area contributed by atoms with Gasteiger partial charge in [-0.1, -0.05) is 6.07 Å². The minimum absolute atomic E-state index is 0.268. The Labute approximate surface area is 164 Å². The highest BCUT2D eigenvalue weighted by atomic mass is 19.4. The molecule has 0 fully saturated rings. The molecular weight excluding hydrogens is 388 g/mol. The van der Waals surface area contributed by atoms with E-state index in [9.17, 15) is 22.4 Å². The van der Waals surface area contributed by atoms with Crippen LogP contribution in [-0.2, 0) is 19.8 Å². The van der Waals surface area contributed by atoms with Gasteiger partial charge in [0.05, 0.1) is 16.8 Å². The minimum atomic E-state index is -4.68. The molecule has 1 heterocycles. The summed E-state index contributed by atoms with van der Waals surface area (Å²) in [5.41, 5.74) is 0.293. The summed E-state index contributed by atoms with van der Waals surface area (Å²) in [4.78, 5) is 18.3. The van der Waals surface area contributed by atoms with Gasteiger partial charge in [0.1, 0.15) is 17.2 Å². The van der Waals surface area contributed by atoms with E-state index in [1.54, 1.807) is 38.7 Å². The molecule has 0 aliphatic carbocycles. The number of rotatable bonds is 4. The first kappa shape index (κ1) is 20.6. The van der Waals surface area contributed by atoms with E-state index in [0.717, 1.165) is 18.2 Å². The molecule has 1 aromatic heterocycles. The lowest BCUT2D eigenvalue weighted by atomic mass is 10.1. The molecule has 154 valence electrons. The van der Waals surface area contributed by atoms with Gasteiger partial charge in [-0.25, -0.2) is 9.37 Å². The van der Waals surface area contributed by atoms with Gasteiger partial charge in [-0.15, -0.1) is 0 Å². The summed E-state index contributed by atoms with van der Waals surface area (Å²) in [7, 11) is 4.98. The lowest BCUT2D eigenvalue weighted by molar-refractivity contribution is -0.138. The second-order valence-corrected chi connectivity index (χ2v) is 6.93. The van der Waals surface area contributed by atoms with Gasteiger partial charge in [0.2, 0.25) is 0 Å². The maximum absolute atomic E-state index is 14.2. The molecule has 9 heteroatoms. The largest absolute Gasteiger partial charge is 0.416 e. The molecule has 0 saturated heterocycles. The fraction of sp³-hybridized carbons (Fsp3) is 0.300. The summed E-state index contributed by atoms with van der Waals surface area (Å²) in [5, 5.41) is 2.85. The number of amides is 1. The molecule has 0 saturated carbocycles. The Balaban J connectivity index is 2.08. The molecule has 2 aromatic carbocycles. The normalized spacial score (nSPS) is 11.7.